The third kappa shape index (κ3) is 5.09. The third-order valence-corrected chi connectivity index (χ3v) is 4.81. The maximum Gasteiger partial charge on any atom is 0.305 e. The van der Waals surface area contributed by atoms with Crippen LogP contribution in [0.3, 0.4) is 0 Å². The predicted molar refractivity (Wildman–Crippen MR) is 88.1 cm³/mol. The van der Waals surface area contributed by atoms with Gasteiger partial charge in [0.15, 0.2) is 0 Å². The second kappa shape index (κ2) is 9.11. The summed E-state index contributed by atoms with van der Waals surface area (Å²) in [4.78, 5) is 11.6. The molecule has 2 rings (SSSR count). The smallest absolute Gasteiger partial charge is 0.305 e. The quantitative estimate of drug-likeness (QED) is 0.702. The average molecular weight is 326 g/mol. The zero-order valence-electron chi connectivity index (χ0n) is 14.6. The van der Waals surface area contributed by atoms with Crippen LogP contribution >= 0.6 is 0 Å². The van der Waals surface area contributed by atoms with E-state index in [0.29, 0.717) is 25.7 Å². The van der Waals surface area contributed by atoms with Gasteiger partial charge in [0, 0.05) is 26.0 Å². The van der Waals surface area contributed by atoms with Gasteiger partial charge in [-0.25, -0.2) is 0 Å². The maximum atomic E-state index is 11.6. The molecule has 2 heterocycles. The number of rotatable bonds is 6. The van der Waals surface area contributed by atoms with E-state index in [1.54, 1.807) is 7.11 Å². The van der Waals surface area contributed by atoms with E-state index in [0.717, 1.165) is 44.5 Å². The summed E-state index contributed by atoms with van der Waals surface area (Å²) in [5, 5.41) is 6.94. The molecule has 0 bridgehead atoms. The highest BCUT2D eigenvalue weighted by atomic mass is 16.5. The molecule has 0 aromatic carbocycles. The molecule has 0 aromatic rings. The molecule has 2 saturated heterocycles. The summed E-state index contributed by atoms with van der Waals surface area (Å²) in [5.41, 5.74) is 0. The number of hydrogen-bond donors (Lipinski definition) is 0. The first kappa shape index (κ1) is 18.0. The van der Waals surface area contributed by atoms with E-state index in [1.165, 1.54) is 7.11 Å². The number of hydrazone groups is 1. The Morgan fingerprint density at radius 3 is 2.91 bits per heavy atom. The number of nitrogens with zero attached hydrogens (tertiary/aromatic N) is 2. The molecular formula is C17H30N2O4. The molecule has 132 valence electrons. The second-order valence-corrected chi connectivity index (χ2v) is 6.56. The molecule has 6 heteroatoms. The van der Waals surface area contributed by atoms with Crippen LogP contribution in [0.15, 0.2) is 5.10 Å². The van der Waals surface area contributed by atoms with E-state index in [2.05, 4.69) is 11.9 Å². The van der Waals surface area contributed by atoms with Crippen LogP contribution in [0.5, 0.6) is 0 Å². The number of carbonyl (C=O) groups excluding carboxylic acids is 1. The van der Waals surface area contributed by atoms with Crippen molar-refractivity contribution in [3.63, 3.8) is 0 Å². The summed E-state index contributed by atoms with van der Waals surface area (Å²) < 4.78 is 16.1. The number of carbonyl (C=O) groups is 1. The lowest BCUT2D eigenvalue weighted by atomic mass is 9.87. The van der Waals surface area contributed by atoms with Gasteiger partial charge in [-0.05, 0) is 38.0 Å². The summed E-state index contributed by atoms with van der Waals surface area (Å²) in [6.45, 7) is 4.43. The fourth-order valence-electron chi connectivity index (χ4n) is 3.43. The molecule has 0 saturated carbocycles. The van der Waals surface area contributed by atoms with E-state index in [1.807, 2.05) is 0 Å². The molecular weight excluding hydrogens is 296 g/mol. The van der Waals surface area contributed by atoms with Gasteiger partial charge in [0.2, 0.25) is 5.90 Å². The largest absolute Gasteiger partial charge is 0.480 e. The van der Waals surface area contributed by atoms with Crippen molar-refractivity contribution < 1.29 is 19.0 Å². The summed E-state index contributed by atoms with van der Waals surface area (Å²) in [6.07, 6.45) is 5.81. The summed E-state index contributed by atoms with van der Waals surface area (Å²) in [6, 6.07) is 0.330. The van der Waals surface area contributed by atoms with Gasteiger partial charge in [-0.3, -0.25) is 9.80 Å². The molecule has 6 nitrogen and oxygen atoms in total. The van der Waals surface area contributed by atoms with E-state index < -0.39 is 0 Å². The van der Waals surface area contributed by atoms with Gasteiger partial charge in [0.1, 0.15) is 0 Å². The Morgan fingerprint density at radius 2 is 2.17 bits per heavy atom. The lowest BCUT2D eigenvalue weighted by Gasteiger charge is -2.26. The highest BCUT2D eigenvalue weighted by molar-refractivity contribution is 5.80. The molecule has 0 aliphatic carbocycles. The first-order chi connectivity index (χ1) is 11.2. The molecule has 0 N–H and O–H groups in total. The molecule has 0 radical (unpaired) electrons. The average Bonchev–Trinajstić information content (AvgIpc) is 2.83. The first-order valence-corrected chi connectivity index (χ1v) is 8.69. The normalized spacial score (nSPS) is 28.3. The van der Waals surface area contributed by atoms with Gasteiger partial charge >= 0.3 is 5.97 Å². The van der Waals surface area contributed by atoms with Crippen molar-refractivity contribution in [2.75, 3.05) is 34.0 Å². The van der Waals surface area contributed by atoms with Gasteiger partial charge in [0.05, 0.1) is 26.4 Å². The van der Waals surface area contributed by atoms with Crippen LogP contribution in [0, 0.1) is 11.8 Å². The molecule has 2 aliphatic heterocycles. The van der Waals surface area contributed by atoms with Gasteiger partial charge in [-0.1, -0.05) is 6.92 Å². The monoisotopic (exact) mass is 326 g/mol. The fourth-order valence-corrected chi connectivity index (χ4v) is 3.43. The van der Waals surface area contributed by atoms with Crippen molar-refractivity contribution in [3.8, 4) is 0 Å². The van der Waals surface area contributed by atoms with Crippen molar-refractivity contribution >= 4 is 11.9 Å². The minimum atomic E-state index is -0.167. The van der Waals surface area contributed by atoms with E-state index >= 15 is 0 Å². The van der Waals surface area contributed by atoms with Crippen LogP contribution in [0.1, 0.15) is 45.4 Å². The van der Waals surface area contributed by atoms with Gasteiger partial charge < -0.3 is 14.2 Å². The Morgan fingerprint density at radius 1 is 1.35 bits per heavy atom. The Hall–Kier alpha value is -1.30. The van der Waals surface area contributed by atoms with Crippen LogP contribution in [-0.2, 0) is 19.0 Å². The predicted octanol–water partition coefficient (Wildman–Crippen LogP) is 2.43. The Balaban J connectivity index is 2.10. The van der Waals surface area contributed by atoms with Gasteiger partial charge in [-0.15, -0.1) is 5.10 Å². The molecule has 0 amide bonds. The molecule has 2 aliphatic rings. The zero-order chi connectivity index (χ0) is 16.7. The molecule has 3 atom stereocenters. The van der Waals surface area contributed by atoms with Crippen LogP contribution in [-0.4, -0.2) is 56.9 Å². The number of methoxy groups -OCH3 is 2. The number of ether oxygens (including phenoxy) is 3. The SMILES string of the molecule is COC[C@@H]1CCCN1/N=C1/OCCCC[C@H]1[C@@H](C)CC(=O)OC. The highest BCUT2D eigenvalue weighted by Gasteiger charge is 2.31. The van der Waals surface area contributed by atoms with Crippen molar-refractivity contribution in [2.45, 2.75) is 51.5 Å². The third-order valence-electron chi connectivity index (χ3n) is 4.81. The standard InChI is InChI=1S/C17H30N2O4/c1-13(11-16(20)22-3)15-8-4-5-10-23-17(15)18-19-9-6-7-14(19)12-21-2/h13-15H,4-12H2,1-3H3/b18-17+/t13-,14-,15-/m0/s1. The lowest BCUT2D eigenvalue weighted by Crippen LogP contribution is -2.33. The van der Waals surface area contributed by atoms with E-state index in [-0.39, 0.29) is 17.8 Å². The molecule has 0 aromatic heterocycles. The number of hydrogen-bond acceptors (Lipinski definition) is 6. The topological polar surface area (TPSA) is 60.4 Å². The molecule has 0 spiro atoms. The van der Waals surface area contributed by atoms with Crippen molar-refractivity contribution in [3.05, 3.63) is 0 Å². The Labute approximate surface area is 139 Å². The zero-order valence-corrected chi connectivity index (χ0v) is 14.6. The van der Waals surface area contributed by atoms with Crippen LogP contribution in [0.2, 0.25) is 0 Å². The van der Waals surface area contributed by atoms with Gasteiger partial charge in [-0.2, -0.15) is 0 Å². The summed E-state index contributed by atoms with van der Waals surface area (Å²) in [5.74, 6) is 0.976. The minimum absolute atomic E-state index is 0.167. The van der Waals surface area contributed by atoms with E-state index in [9.17, 15) is 4.79 Å². The lowest BCUT2D eigenvalue weighted by molar-refractivity contribution is -0.141. The molecule has 23 heavy (non-hydrogen) atoms. The maximum absolute atomic E-state index is 11.6. The van der Waals surface area contributed by atoms with Gasteiger partial charge in [0.25, 0.3) is 0 Å². The van der Waals surface area contributed by atoms with Crippen LogP contribution in [0.25, 0.3) is 0 Å². The first-order valence-electron chi connectivity index (χ1n) is 8.69. The molecule has 0 unspecified atom stereocenters. The summed E-state index contributed by atoms with van der Waals surface area (Å²) >= 11 is 0. The van der Waals surface area contributed by atoms with Crippen LogP contribution < -0.4 is 0 Å². The van der Waals surface area contributed by atoms with Crippen molar-refractivity contribution in [1.82, 2.24) is 5.01 Å². The second-order valence-electron chi connectivity index (χ2n) is 6.56. The fraction of sp³-hybridized carbons (Fsp3) is 0.882. The molecule has 2 fully saturated rings. The Kier molecular flexibility index (Phi) is 7.15. The number of esters is 1. The van der Waals surface area contributed by atoms with E-state index in [4.69, 9.17) is 19.3 Å². The van der Waals surface area contributed by atoms with Crippen LogP contribution in [0.4, 0.5) is 0 Å². The van der Waals surface area contributed by atoms with Crippen molar-refractivity contribution in [1.29, 1.82) is 0 Å². The summed E-state index contributed by atoms with van der Waals surface area (Å²) in [7, 11) is 3.17. The highest BCUT2D eigenvalue weighted by Crippen LogP contribution is 2.28. The Bertz CT molecular complexity index is 413. The van der Waals surface area contributed by atoms with Crippen molar-refractivity contribution in [2.24, 2.45) is 16.9 Å². The minimum Gasteiger partial charge on any atom is -0.480 e.